The highest BCUT2D eigenvalue weighted by Crippen LogP contribution is 2.27. The van der Waals surface area contributed by atoms with E-state index < -0.39 is 0 Å². The van der Waals surface area contributed by atoms with Crippen LogP contribution >= 0.6 is 11.8 Å². The number of thioether (sulfide) groups is 1. The van der Waals surface area contributed by atoms with Crippen molar-refractivity contribution in [3.63, 3.8) is 0 Å². The number of likely N-dealkylation sites (tertiary alicyclic amines) is 2. The zero-order valence-corrected chi connectivity index (χ0v) is 17.1. The quantitative estimate of drug-likeness (QED) is 0.682. The Labute approximate surface area is 161 Å². The molecule has 0 atom stereocenters. The Morgan fingerprint density at radius 1 is 1.12 bits per heavy atom. The van der Waals surface area contributed by atoms with E-state index in [4.69, 9.17) is 0 Å². The number of hydrogen-bond acceptors (Lipinski definition) is 5. The minimum Gasteiger partial charge on any atom is -0.343 e. The standard InChI is InChI=1S/C19H33N5OS/c1-3-26-14-9-18(25)24-12-7-16(8-13-24)19-21-20-17(22(19)2)15-23-10-5-4-6-11-23/h16H,3-15H2,1-2H3. The highest BCUT2D eigenvalue weighted by molar-refractivity contribution is 7.99. The summed E-state index contributed by atoms with van der Waals surface area (Å²) in [6, 6.07) is 0. The Balaban J connectivity index is 1.50. The monoisotopic (exact) mass is 379 g/mol. The van der Waals surface area contributed by atoms with Gasteiger partial charge in [0.2, 0.25) is 5.91 Å². The SMILES string of the molecule is CCSCCC(=O)N1CCC(c2nnc(CN3CCCCC3)n2C)CC1. The minimum absolute atomic E-state index is 0.313. The van der Waals surface area contributed by atoms with Crippen LogP contribution in [0.5, 0.6) is 0 Å². The zero-order valence-electron chi connectivity index (χ0n) is 16.3. The maximum absolute atomic E-state index is 12.3. The van der Waals surface area contributed by atoms with Crippen molar-refractivity contribution < 1.29 is 4.79 Å². The van der Waals surface area contributed by atoms with E-state index >= 15 is 0 Å². The van der Waals surface area contributed by atoms with E-state index in [0.717, 1.165) is 55.6 Å². The van der Waals surface area contributed by atoms with E-state index in [9.17, 15) is 4.79 Å². The highest BCUT2D eigenvalue weighted by Gasteiger charge is 2.27. The van der Waals surface area contributed by atoms with Gasteiger partial charge in [-0.2, -0.15) is 11.8 Å². The van der Waals surface area contributed by atoms with E-state index in [1.807, 2.05) is 16.7 Å². The van der Waals surface area contributed by atoms with Gasteiger partial charge in [0.1, 0.15) is 11.6 Å². The van der Waals surface area contributed by atoms with Crippen LogP contribution in [0.15, 0.2) is 0 Å². The van der Waals surface area contributed by atoms with E-state index in [1.54, 1.807) is 0 Å². The number of amides is 1. The molecule has 0 aromatic carbocycles. The van der Waals surface area contributed by atoms with Gasteiger partial charge < -0.3 is 9.47 Å². The minimum atomic E-state index is 0.313. The Kier molecular flexibility index (Phi) is 7.37. The number of piperidine rings is 2. The number of carbonyl (C=O) groups excluding carboxylic acids is 1. The summed E-state index contributed by atoms with van der Waals surface area (Å²) in [4.78, 5) is 16.8. The molecule has 1 aromatic heterocycles. The predicted molar refractivity (Wildman–Crippen MR) is 106 cm³/mol. The molecule has 1 amide bonds. The fourth-order valence-corrected chi connectivity index (χ4v) is 4.64. The molecular formula is C19H33N5OS. The van der Waals surface area contributed by atoms with Crippen molar-refractivity contribution in [2.75, 3.05) is 37.7 Å². The Morgan fingerprint density at radius 2 is 1.85 bits per heavy atom. The van der Waals surface area contributed by atoms with Crippen molar-refractivity contribution in [2.45, 2.75) is 57.9 Å². The summed E-state index contributed by atoms with van der Waals surface area (Å²) in [5.41, 5.74) is 0. The third-order valence-electron chi connectivity index (χ3n) is 5.69. The number of carbonyl (C=O) groups is 1. The summed E-state index contributed by atoms with van der Waals surface area (Å²) >= 11 is 1.84. The normalized spacial score (nSPS) is 19.8. The van der Waals surface area contributed by atoms with Gasteiger partial charge >= 0.3 is 0 Å². The third kappa shape index (κ3) is 5.00. The number of hydrogen-bond donors (Lipinski definition) is 0. The molecule has 2 fully saturated rings. The van der Waals surface area contributed by atoms with Crippen LogP contribution in [-0.4, -0.2) is 68.2 Å². The molecule has 0 unspecified atom stereocenters. The molecule has 0 bridgehead atoms. The van der Waals surface area contributed by atoms with Crippen molar-refractivity contribution in [1.29, 1.82) is 0 Å². The molecular weight excluding hydrogens is 346 g/mol. The van der Waals surface area contributed by atoms with E-state index in [2.05, 4.69) is 33.6 Å². The molecule has 146 valence electrons. The first-order chi connectivity index (χ1) is 12.7. The largest absolute Gasteiger partial charge is 0.343 e. The second-order valence-corrected chi connectivity index (χ2v) is 8.87. The van der Waals surface area contributed by atoms with Crippen molar-refractivity contribution >= 4 is 17.7 Å². The molecule has 6 nitrogen and oxygen atoms in total. The van der Waals surface area contributed by atoms with Crippen molar-refractivity contribution in [1.82, 2.24) is 24.6 Å². The maximum atomic E-state index is 12.3. The van der Waals surface area contributed by atoms with Crippen LogP contribution in [0.3, 0.4) is 0 Å². The molecule has 2 saturated heterocycles. The first kappa shape index (κ1) is 19.7. The van der Waals surface area contributed by atoms with E-state index in [1.165, 1.54) is 32.4 Å². The van der Waals surface area contributed by atoms with Gasteiger partial charge in [-0.25, -0.2) is 0 Å². The molecule has 7 heteroatoms. The lowest BCUT2D eigenvalue weighted by Gasteiger charge is -2.31. The maximum Gasteiger partial charge on any atom is 0.223 e. The van der Waals surface area contributed by atoms with Gasteiger partial charge in [0.15, 0.2) is 0 Å². The molecule has 0 spiro atoms. The van der Waals surface area contributed by atoms with Gasteiger partial charge in [-0.05, 0) is 44.5 Å². The Morgan fingerprint density at radius 3 is 2.54 bits per heavy atom. The van der Waals surface area contributed by atoms with Crippen molar-refractivity contribution in [3.05, 3.63) is 11.6 Å². The molecule has 2 aliphatic rings. The lowest BCUT2D eigenvalue weighted by molar-refractivity contribution is -0.131. The van der Waals surface area contributed by atoms with E-state index in [-0.39, 0.29) is 0 Å². The molecule has 2 aliphatic heterocycles. The first-order valence-electron chi connectivity index (χ1n) is 10.1. The lowest BCUT2D eigenvalue weighted by Crippen LogP contribution is -2.38. The first-order valence-corrected chi connectivity index (χ1v) is 11.3. The van der Waals surface area contributed by atoms with Crippen LogP contribution in [-0.2, 0) is 18.4 Å². The molecule has 26 heavy (non-hydrogen) atoms. The fraction of sp³-hybridized carbons (Fsp3) is 0.842. The second-order valence-electron chi connectivity index (χ2n) is 7.47. The zero-order chi connectivity index (χ0) is 18.4. The fourth-order valence-electron chi connectivity index (χ4n) is 4.04. The second kappa shape index (κ2) is 9.74. The summed E-state index contributed by atoms with van der Waals surface area (Å²) in [7, 11) is 2.11. The van der Waals surface area contributed by atoms with Crippen LogP contribution < -0.4 is 0 Å². The van der Waals surface area contributed by atoms with Gasteiger partial charge in [0, 0.05) is 38.2 Å². The van der Waals surface area contributed by atoms with Crippen LogP contribution in [0.4, 0.5) is 0 Å². The summed E-state index contributed by atoms with van der Waals surface area (Å²) in [5, 5.41) is 8.99. The van der Waals surface area contributed by atoms with Gasteiger partial charge in [0.05, 0.1) is 6.54 Å². The lowest BCUT2D eigenvalue weighted by atomic mass is 9.95. The molecule has 3 heterocycles. The summed E-state index contributed by atoms with van der Waals surface area (Å²) < 4.78 is 2.20. The number of aromatic nitrogens is 3. The molecule has 0 aliphatic carbocycles. The molecule has 0 N–H and O–H groups in total. The molecule has 3 rings (SSSR count). The van der Waals surface area contributed by atoms with Crippen LogP contribution in [0.2, 0.25) is 0 Å². The van der Waals surface area contributed by atoms with Crippen molar-refractivity contribution in [2.24, 2.45) is 7.05 Å². The smallest absolute Gasteiger partial charge is 0.223 e. The predicted octanol–water partition coefficient (Wildman–Crippen LogP) is 2.65. The number of rotatable bonds is 7. The van der Waals surface area contributed by atoms with Crippen LogP contribution in [0.25, 0.3) is 0 Å². The topological polar surface area (TPSA) is 54.3 Å². The van der Waals surface area contributed by atoms with Gasteiger partial charge in [-0.1, -0.05) is 13.3 Å². The van der Waals surface area contributed by atoms with Crippen LogP contribution in [0.1, 0.15) is 63.0 Å². The average Bonchev–Trinajstić information content (AvgIpc) is 3.03. The summed E-state index contributed by atoms with van der Waals surface area (Å²) in [5.74, 6) is 4.95. The molecule has 0 radical (unpaired) electrons. The highest BCUT2D eigenvalue weighted by atomic mass is 32.2. The average molecular weight is 380 g/mol. The number of nitrogens with zero attached hydrogens (tertiary/aromatic N) is 5. The Bertz CT molecular complexity index is 576. The van der Waals surface area contributed by atoms with Gasteiger partial charge in [-0.15, -0.1) is 10.2 Å². The van der Waals surface area contributed by atoms with E-state index in [0.29, 0.717) is 18.2 Å². The third-order valence-corrected chi connectivity index (χ3v) is 6.59. The van der Waals surface area contributed by atoms with Crippen molar-refractivity contribution in [3.8, 4) is 0 Å². The summed E-state index contributed by atoms with van der Waals surface area (Å²) in [6.07, 6.45) is 6.63. The summed E-state index contributed by atoms with van der Waals surface area (Å²) in [6.45, 7) is 7.12. The van der Waals surface area contributed by atoms with Gasteiger partial charge in [0.25, 0.3) is 0 Å². The van der Waals surface area contributed by atoms with Gasteiger partial charge in [-0.3, -0.25) is 9.69 Å². The molecule has 0 saturated carbocycles. The molecule has 1 aromatic rings. The Hall–Kier alpha value is -1.08. The van der Waals surface area contributed by atoms with Crippen LogP contribution in [0, 0.1) is 0 Å².